The molecule has 2 aromatic rings. The molecule has 0 bridgehead atoms. The Balaban J connectivity index is 1.43. The van der Waals surface area contributed by atoms with Gasteiger partial charge < -0.3 is 18.9 Å². The van der Waals surface area contributed by atoms with Crippen LogP contribution in [0.2, 0.25) is 0 Å². The van der Waals surface area contributed by atoms with Crippen molar-refractivity contribution in [1.82, 2.24) is 9.47 Å². The zero-order valence-corrected chi connectivity index (χ0v) is 18.6. The van der Waals surface area contributed by atoms with E-state index in [2.05, 4.69) is 0 Å². The van der Waals surface area contributed by atoms with Crippen molar-refractivity contribution in [3.63, 3.8) is 0 Å². The van der Waals surface area contributed by atoms with E-state index in [1.807, 2.05) is 0 Å². The quantitative estimate of drug-likeness (QED) is 0.649. The number of Topliss-reactive ketones (excluding diaryl/α,β-unsaturated/α-hetero) is 1. The average molecular weight is 454 g/mol. The predicted octanol–water partition coefficient (Wildman–Crippen LogP) is 3.18. The number of ether oxygens (including phenoxy) is 2. The third kappa shape index (κ3) is 3.97. The number of hydrogen-bond donors (Lipinski definition) is 0. The Kier molecular flexibility index (Phi) is 5.78. The van der Waals surface area contributed by atoms with E-state index in [0.717, 1.165) is 31.2 Å². The van der Waals surface area contributed by atoms with E-state index in [0.29, 0.717) is 25.4 Å². The molecule has 1 aromatic heterocycles. The number of nitrogens with zero attached hydrogens (tertiary/aromatic N) is 2. The maximum Gasteiger partial charge on any atom is 0.276 e. The number of benzene rings is 1. The minimum atomic E-state index is -0.576. The Labute approximate surface area is 191 Å². The van der Waals surface area contributed by atoms with Gasteiger partial charge in [0.05, 0.1) is 25.3 Å². The van der Waals surface area contributed by atoms with E-state index >= 15 is 0 Å². The van der Waals surface area contributed by atoms with Crippen LogP contribution in [0.5, 0.6) is 5.75 Å². The van der Waals surface area contributed by atoms with Crippen LogP contribution < -0.4 is 10.2 Å². The highest BCUT2D eigenvalue weighted by Gasteiger charge is 2.44. The molecule has 1 aliphatic carbocycles. The molecular weight excluding hydrogens is 427 g/mol. The van der Waals surface area contributed by atoms with E-state index < -0.39 is 11.7 Å². The Hall–Kier alpha value is -3.00. The SMILES string of the molecule is COc1c2n(cc(C(=O)CCc3ccc(F)cc3)c1=O)CC1O[C@H]3CCCC[C@H]3CN1C2=O. The molecule has 3 atom stereocenters. The molecule has 8 heteroatoms. The maximum atomic E-state index is 13.4. The first-order valence-electron chi connectivity index (χ1n) is 11.5. The molecule has 1 unspecified atom stereocenters. The second-order valence-electron chi connectivity index (χ2n) is 9.09. The number of ketones is 1. The number of fused-ring (bicyclic) bond motifs is 3. The monoisotopic (exact) mass is 454 g/mol. The van der Waals surface area contributed by atoms with Gasteiger partial charge in [-0.25, -0.2) is 4.39 Å². The van der Waals surface area contributed by atoms with E-state index in [-0.39, 0.29) is 47.0 Å². The molecule has 3 heterocycles. The van der Waals surface area contributed by atoms with Crippen LogP contribution in [0.3, 0.4) is 0 Å². The van der Waals surface area contributed by atoms with Crippen LogP contribution in [0, 0.1) is 11.7 Å². The number of pyridine rings is 1. The number of amides is 1. The molecule has 0 spiro atoms. The number of methoxy groups -OCH3 is 1. The number of aryl methyl sites for hydroxylation is 1. The molecule has 1 saturated carbocycles. The summed E-state index contributed by atoms with van der Waals surface area (Å²) in [5, 5.41) is 0. The van der Waals surface area contributed by atoms with Crippen LogP contribution >= 0.6 is 0 Å². The van der Waals surface area contributed by atoms with Gasteiger partial charge in [-0.05, 0) is 37.0 Å². The van der Waals surface area contributed by atoms with Crippen LogP contribution in [-0.4, -0.2) is 47.1 Å². The van der Waals surface area contributed by atoms with Crippen molar-refractivity contribution in [2.75, 3.05) is 13.7 Å². The third-order valence-electron chi connectivity index (χ3n) is 7.06. The Bertz CT molecular complexity index is 1140. The van der Waals surface area contributed by atoms with E-state index in [1.165, 1.54) is 25.4 Å². The average Bonchev–Trinajstić information content (AvgIpc) is 2.82. The molecule has 33 heavy (non-hydrogen) atoms. The Morgan fingerprint density at radius 1 is 1.15 bits per heavy atom. The fraction of sp³-hybridized carbons (Fsp3) is 0.480. The number of hydrogen-bond acceptors (Lipinski definition) is 5. The first-order valence-corrected chi connectivity index (χ1v) is 11.5. The summed E-state index contributed by atoms with van der Waals surface area (Å²) in [5.74, 6) is -0.766. The van der Waals surface area contributed by atoms with E-state index in [4.69, 9.17) is 9.47 Å². The van der Waals surface area contributed by atoms with Crippen LogP contribution in [0.15, 0.2) is 35.3 Å². The lowest BCUT2D eigenvalue weighted by molar-refractivity contribution is -0.169. The first kappa shape index (κ1) is 21.8. The molecule has 1 aromatic carbocycles. The minimum absolute atomic E-state index is 0.00897. The van der Waals surface area contributed by atoms with Crippen molar-refractivity contribution in [1.29, 1.82) is 0 Å². The summed E-state index contributed by atoms with van der Waals surface area (Å²) in [4.78, 5) is 41.1. The second kappa shape index (κ2) is 8.74. The highest BCUT2D eigenvalue weighted by molar-refractivity contribution is 6.00. The van der Waals surface area contributed by atoms with Gasteiger partial charge in [-0.2, -0.15) is 0 Å². The highest BCUT2D eigenvalue weighted by atomic mass is 19.1. The summed E-state index contributed by atoms with van der Waals surface area (Å²) in [6.45, 7) is 0.961. The number of carbonyl (C=O) groups excluding carboxylic acids is 2. The van der Waals surface area contributed by atoms with E-state index in [9.17, 15) is 18.8 Å². The van der Waals surface area contributed by atoms with Crippen LogP contribution in [0.1, 0.15) is 58.5 Å². The lowest BCUT2D eigenvalue weighted by Crippen LogP contribution is -2.59. The van der Waals surface area contributed by atoms with Crippen molar-refractivity contribution in [3.05, 3.63) is 63.3 Å². The highest BCUT2D eigenvalue weighted by Crippen LogP contribution is 2.36. The van der Waals surface area contributed by atoms with Crippen molar-refractivity contribution < 1.29 is 23.5 Å². The summed E-state index contributed by atoms with van der Waals surface area (Å²) in [6, 6.07) is 5.92. The predicted molar refractivity (Wildman–Crippen MR) is 118 cm³/mol. The largest absolute Gasteiger partial charge is 0.491 e. The smallest absolute Gasteiger partial charge is 0.276 e. The molecule has 1 amide bonds. The van der Waals surface area contributed by atoms with Crippen molar-refractivity contribution in [2.45, 2.75) is 57.4 Å². The molecule has 1 saturated heterocycles. The fourth-order valence-electron chi connectivity index (χ4n) is 5.30. The standard InChI is InChI=1S/C25H27FN2O5/c1-32-24-22-25(31)28-12-16-4-2-3-5-20(16)33-21(28)14-27(22)13-18(23(24)30)19(29)11-8-15-6-9-17(26)10-7-15/h6-7,9-10,13,16,20-21H,2-5,8,11-12,14H2,1H3/t16-,20-,21?/m0/s1. The van der Waals surface area contributed by atoms with Crippen LogP contribution in [0.4, 0.5) is 4.39 Å². The summed E-state index contributed by atoms with van der Waals surface area (Å²) < 4.78 is 26.4. The van der Waals surface area contributed by atoms with Gasteiger partial charge in [0.15, 0.2) is 23.5 Å². The molecule has 174 valence electrons. The van der Waals surface area contributed by atoms with Gasteiger partial charge in [-0.3, -0.25) is 14.4 Å². The number of halogens is 1. The molecule has 2 fully saturated rings. The van der Waals surface area contributed by atoms with Gasteiger partial charge in [0.1, 0.15) is 5.82 Å². The van der Waals surface area contributed by atoms with Gasteiger partial charge in [0, 0.05) is 25.1 Å². The zero-order chi connectivity index (χ0) is 23.1. The topological polar surface area (TPSA) is 77.8 Å². The number of aromatic nitrogens is 1. The molecule has 5 rings (SSSR count). The summed E-state index contributed by atoms with van der Waals surface area (Å²) in [6.07, 6.45) is 5.97. The van der Waals surface area contributed by atoms with E-state index in [1.54, 1.807) is 21.6 Å². The maximum absolute atomic E-state index is 13.4. The van der Waals surface area contributed by atoms with Crippen molar-refractivity contribution in [2.24, 2.45) is 5.92 Å². The summed E-state index contributed by atoms with van der Waals surface area (Å²) >= 11 is 0. The lowest BCUT2D eigenvalue weighted by atomic mass is 9.84. The number of rotatable bonds is 5. The zero-order valence-electron chi connectivity index (χ0n) is 18.6. The molecule has 2 aliphatic heterocycles. The van der Waals surface area contributed by atoms with Gasteiger partial charge in [0.25, 0.3) is 5.91 Å². The summed E-state index contributed by atoms with van der Waals surface area (Å²) in [5.41, 5.74) is 0.392. The van der Waals surface area contributed by atoms with Gasteiger partial charge in [-0.1, -0.05) is 25.0 Å². The van der Waals surface area contributed by atoms with Crippen molar-refractivity contribution in [3.8, 4) is 5.75 Å². The first-order chi connectivity index (χ1) is 16.0. The number of carbonyl (C=O) groups is 2. The fourth-order valence-corrected chi connectivity index (χ4v) is 5.30. The van der Waals surface area contributed by atoms with Gasteiger partial charge in [0.2, 0.25) is 5.43 Å². The normalized spacial score (nSPS) is 24.0. The Morgan fingerprint density at radius 2 is 1.91 bits per heavy atom. The second-order valence-corrected chi connectivity index (χ2v) is 9.09. The van der Waals surface area contributed by atoms with Crippen LogP contribution in [0.25, 0.3) is 0 Å². The molecule has 7 nitrogen and oxygen atoms in total. The third-order valence-corrected chi connectivity index (χ3v) is 7.06. The van der Waals surface area contributed by atoms with Gasteiger partial charge in [-0.15, -0.1) is 0 Å². The Morgan fingerprint density at radius 3 is 2.67 bits per heavy atom. The minimum Gasteiger partial charge on any atom is -0.491 e. The molecular formula is C25H27FN2O5. The van der Waals surface area contributed by atoms with Crippen LogP contribution in [-0.2, 0) is 17.7 Å². The lowest BCUT2D eigenvalue weighted by Gasteiger charge is -2.48. The summed E-state index contributed by atoms with van der Waals surface area (Å²) in [7, 11) is 1.34. The van der Waals surface area contributed by atoms with Crippen molar-refractivity contribution >= 4 is 11.7 Å². The molecule has 0 radical (unpaired) electrons. The molecule has 0 N–H and O–H groups in total. The van der Waals surface area contributed by atoms with Gasteiger partial charge >= 0.3 is 0 Å². The molecule has 3 aliphatic rings.